The Morgan fingerprint density at radius 3 is 0.738 bits per heavy atom. The van der Waals surface area contributed by atoms with E-state index in [1.54, 1.807) is 0 Å². The third-order valence-corrected chi connectivity index (χ3v) is 16.0. The molecule has 19 heteroatoms. The van der Waals surface area contributed by atoms with E-state index in [2.05, 4.69) is 27.7 Å². The van der Waals surface area contributed by atoms with Crippen LogP contribution in [0, 0.1) is 0 Å². The number of phosphoric ester groups is 2. The molecule has 0 fully saturated rings. The first-order chi connectivity index (χ1) is 38.7. The smallest absolute Gasteiger partial charge is 0.462 e. The minimum absolute atomic E-state index is 0.106. The second kappa shape index (κ2) is 56.2. The van der Waals surface area contributed by atoms with Gasteiger partial charge in [0.05, 0.1) is 26.4 Å². The van der Waals surface area contributed by atoms with Gasteiger partial charge >= 0.3 is 39.5 Å². The highest BCUT2D eigenvalue weighted by Crippen LogP contribution is 2.45. The van der Waals surface area contributed by atoms with Gasteiger partial charge in [-0.15, -0.1) is 0 Å². The van der Waals surface area contributed by atoms with Crippen molar-refractivity contribution in [1.82, 2.24) is 0 Å². The summed E-state index contributed by atoms with van der Waals surface area (Å²) in [5.74, 6) is -2.14. The Balaban J connectivity index is 5.17. The van der Waals surface area contributed by atoms with Crippen LogP contribution in [0.4, 0.5) is 0 Å². The molecule has 0 aromatic rings. The minimum Gasteiger partial charge on any atom is -0.462 e. The first-order valence-electron chi connectivity index (χ1n) is 32.3. The molecular formula is C61H118O17P2. The third-order valence-electron chi connectivity index (χ3n) is 14.1. The average Bonchev–Trinajstić information content (AvgIpc) is 3.43. The van der Waals surface area contributed by atoms with Crippen molar-refractivity contribution in [1.29, 1.82) is 0 Å². The van der Waals surface area contributed by atoms with Crippen molar-refractivity contribution in [2.45, 2.75) is 329 Å². The summed E-state index contributed by atoms with van der Waals surface area (Å²) in [6.07, 6.45) is 40.4. The summed E-state index contributed by atoms with van der Waals surface area (Å²) >= 11 is 0. The number of aliphatic hydroxyl groups excluding tert-OH is 1. The van der Waals surface area contributed by atoms with Gasteiger partial charge in [0.1, 0.15) is 19.3 Å². The number of aliphatic hydroxyl groups is 1. The van der Waals surface area contributed by atoms with Gasteiger partial charge in [-0.25, -0.2) is 9.13 Å². The van der Waals surface area contributed by atoms with Crippen molar-refractivity contribution in [3.05, 3.63) is 0 Å². The van der Waals surface area contributed by atoms with Crippen LogP contribution in [0.5, 0.6) is 0 Å². The molecule has 5 atom stereocenters. The molecule has 474 valence electrons. The van der Waals surface area contributed by atoms with Crippen LogP contribution in [0.1, 0.15) is 310 Å². The first-order valence-corrected chi connectivity index (χ1v) is 35.3. The third kappa shape index (κ3) is 55.3. The summed E-state index contributed by atoms with van der Waals surface area (Å²) in [6.45, 7) is 4.80. The lowest BCUT2D eigenvalue weighted by molar-refractivity contribution is -0.161. The van der Waals surface area contributed by atoms with Gasteiger partial charge in [-0.1, -0.05) is 259 Å². The summed E-state index contributed by atoms with van der Waals surface area (Å²) in [4.78, 5) is 71.9. The molecule has 2 unspecified atom stereocenters. The van der Waals surface area contributed by atoms with Gasteiger partial charge in [-0.05, 0) is 25.7 Å². The van der Waals surface area contributed by atoms with Crippen LogP contribution in [-0.4, -0.2) is 96.7 Å². The van der Waals surface area contributed by atoms with Crippen LogP contribution in [0.3, 0.4) is 0 Å². The molecule has 0 aliphatic heterocycles. The normalized spacial score (nSPS) is 14.2. The molecule has 17 nitrogen and oxygen atoms in total. The zero-order valence-corrected chi connectivity index (χ0v) is 52.8. The van der Waals surface area contributed by atoms with Crippen molar-refractivity contribution >= 4 is 39.5 Å². The SMILES string of the molecule is CCCCCCCCCCCCCCCCCC(=O)O[C@H](COC(=O)CCCCCCCCCC)COP(=O)(O)OC[C@H](O)COP(=O)(O)OC[C@@H](COC(=O)CCCCCCCCC)OC(=O)CCCCCCCCCCCC. The number of phosphoric acid groups is 2. The topological polar surface area (TPSA) is 237 Å². The van der Waals surface area contributed by atoms with Gasteiger partial charge in [-0.3, -0.25) is 37.3 Å². The molecule has 0 aromatic carbocycles. The number of rotatable bonds is 62. The fourth-order valence-corrected chi connectivity index (χ4v) is 10.7. The van der Waals surface area contributed by atoms with E-state index in [0.717, 1.165) is 109 Å². The second-order valence-corrected chi connectivity index (χ2v) is 25.0. The van der Waals surface area contributed by atoms with Gasteiger partial charge in [-0.2, -0.15) is 0 Å². The highest BCUT2D eigenvalue weighted by molar-refractivity contribution is 7.47. The molecule has 0 radical (unpaired) electrons. The number of carbonyl (C=O) groups excluding carboxylic acids is 4. The van der Waals surface area contributed by atoms with Crippen LogP contribution in [0.15, 0.2) is 0 Å². The fourth-order valence-electron chi connectivity index (χ4n) is 9.10. The molecule has 0 aliphatic carbocycles. The summed E-state index contributed by atoms with van der Waals surface area (Å²) in [7, 11) is -9.87. The van der Waals surface area contributed by atoms with Crippen LogP contribution < -0.4 is 0 Å². The predicted octanol–water partition coefficient (Wildman–Crippen LogP) is 16.8. The largest absolute Gasteiger partial charge is 0.472 e. The highest BCUT2D eigenvalue weighted by Gasteiger charge is 2.30. The lowest BCUT2D eigenvalue weighted by atomic mass is 10.0. The van der Waals surface area contributed by atoms with Crippen molar-refractivity contribution in [2.24, 2.45) is 0 Å². The molecule has 80 heavy (non-hydrogen) atoms. The van der Waals surface area contributed by atoms with Crippen molar-refractivity contribution < 1.29 is 80.2 Å². The Morgan fingerprint density at radius 1 is 0.300 bits per heavy atom. The van der Waals surface area contributed by atoms with Crippen molar-refractivity contribution in [2.75, 3.05) is 39.6 Å². The lowest BCUT2D eigenvalue weighted by Crippen LogP contribution is -2.30. The molecule has 0 amide bonds. The summed E-state index contributed by atoms with van der Waals surface area (Å²) in [6, 6.07) is 0. The maximum Gasteiger partial charge on any atom is 0.472 e. The van der Waals surface area contributed by atoms with Crippen LogP contribution in [-0.2, 0) is 65.4 Å². The number of hydrogen-bond acceptors (Lipinski definition) is 15. The molecule has 0 heterocycles. The summed E-state index contributed by atoms with van der Waals surface area (Å²) < 4.78 is 67.7. The van der Waals surface area contributed by atoms with Crippen LogP contribution in [0.2, 0.25) is 0 Å². The Kier molecular flexibility index (Phi) is 54.8. The van der Waals surface area contributed by atoms with Crippen molar-refractivity contribution in [3.63, 3.8) is 0 Å². The number of carbonyl (C=O) groups is 4. The summed E-state index contributed by atoms with van der Waals surface area (Å²) in [5.41, 5.74) is 0. The maximum absolute atomic E-state index is 12.9. The van der Waals surface area contributed by atoms with Crippen LogP contribution in [0.25, 0.3) is 0 Å². The highest BCUT2D eigenvalue weighted by atomic mass is 31.2. The van der Waals surface area contributed by atoms with Gasteiger partial charge < -0.3 is 33.8 Å². The van der Waals surface area contributed by atoms with E-state index in [1.165, 1.54) is 122 Å². The molecule has 0 saturated heterocycles. The van der Waals surface area contributed by atoms with Gasteiger partial charge in [0.25, 0.3) is 0 Å². The molecular weight excluding hydrogens is 1070 g/mol. The molecule has 3 N–H and O–H groups in total. The van der Waals surface area contributed by atoms with E-state index in [4.69, 9.17) is 37.0 Å². The van der Waals surface area contributed by atoms with E-state index in [9.17, 15) is 43.2 Å². The second-order valence-electron chi connectivity index (χ2n) is 22.1. The molecule has 0 aromatic heterocycles. The standard InChI is InChI=1S/C61H118O17P2/c1-5-9-13-17-21-24-26-27-28-29-30-32-36-40-44-48-61(66)78-57(52-72-59(64)46-42-38-34-23-19-15-11-7-3)54-76-80(69,70)74-50-55(62)49-73-79(67,68)75-53-56(51-71-58(63)45-41-37-33-20-16-12-8-4)77-60(65)47-43-39-35-31-25-22-18-14-10-6-2/h55-57,62H,5-54H2,1-4H3,(H,67,68)(H,69,70)/t55-,56-,57-/m1/s1. The van der Waals surface area contributed by atoms with Gasteiger partial charge in [0, 0.05) is 25.7 Å². The fraction of sp³-hybridized carbons (Fsp3) is 0.934. The predicted molar refractivity (Wildman–Crippen MR) is 317 cm³/mol. The quantitative estimate of drug-likeness (QED) is 0.0222. The summed E-state index contributed by atoms with van der Waals surface area (Å²) in [5, 5.41) is 10.5. The Bertz CT molecular complexity index is 1550. The van der Waals surface area contributed by atoms with E-state index >= 15 is 0 Å². The Labute approximate surface area is 486 Å². The van der Waals surface area contributed by atoms with E-state index in [1.807, 2.05) is 0 Å². The minimum atomic E-state index is -4.94. The van der Waals surface area contributed by atoms with Crippen molar-refractivity contribution in [3.8, 4) is 0 Å². The monoisotopic (exact) mass is 1180 g/mol. The molecule has 0 saturated carbocycles. The van der Waals surface area contributed by atoms with Gasteiger partial charge in [0.15, 0.2) is 12.2 Å². The zero-order valence-electron chi connectivity index (χ0n) is 51.0. The first kappa shape index (κ1) is 78.1. The molecule has 0 bridgehead atoms. The average molecular weight is 1190 g/mol. The lowest BCUT2D eigenvalue weighted by Gasteiger charge is -2.21. The number of ether oxygens (including phenoxy) is 4. The van der Waals surface area contributed by atoms with Crippen LogP contribution >= 0.6 is 15.6 Å². The van der Waals surface area contributed by atoms with E-state index < -0.39 is 97.5 Å². The van der Waals surface area contributed by atoms with Gasteiger partial charge in [0.2, 0.25) is 0 Å². The van der Waals surface area contributed by atoms with E-state index in [0.29, 0.717) is 25.7 Å². The van der Waals surface area contributed by atoms with E-state index in [-0.39, 0.29) is 25.7 Å². The Hall–Kier alpha value is -1.94. The number of hydrogen-bond donors (Lipinski definition) is 3. The number of unbranched alkanes of at least 4 members (excludes halogenated alkanes) is 36. The Morgan fingerprint density at radius 2 is 0.500 bits per heavy atom. The molecule has 0 spiro atoms. The zero-order chi connectivity index (χ0) is 59.1. The number of esters is 4. The molecule has 0 aliphatic rings. The molecule has 0 rings (SSSR count). The maximum atomic E-state index is 12.9.